The first-order chi connectivity index (χ1) is 16.1. The third-order valence-corrected chi connectivity index (χ3v) is 5.48. The van der Waals surface area contributed by atoms with Gasteiger partial charge in [-0.2, -0.15) is 0 Å². The Morgan fingerprint density at radius 3 is 1.29 bits per heavy atom. The number of nitrogens with one attached hydrogen (secondary N) is 2. The Morgan fingerprint density at radius 2 is 0.941 bits per heavy atom. The lowest BCUT2D eigenvalue weighted by Crippen LogP contribution is -2.27. The van der Waals surface area contributed by atoms with Gasteiger partial charge in [0.2, 0.25) is 0 Å². The number of nitrogens with zero attached hydrogens (tertiary/aromatic N) is 4. The summed E-state index contributed by atoms with van der Waals surface area (Å²) in [5.74, 6) is 2.00. The standard InChI is InChI=1S/C28H32N6/c1-27(2,3)31-25-23(29-21-11-7-9-17-33(21)25)19-13-15-20(16-14-19)24-26(32-28(4,5)6)34-18-10-8-12-22(34)30-24/h7-18,31-32H,1-6H3. The van der Waals surface area contributed by atoms with Gasteiger partial charge in [0.15, 0.2) is 0 Å². The largest absolute Gasteiger partial charge is 0.365 e. The molecule has 0 aliphatic heterocycles. The molecule has 4 aromatic heterocycles. The van der Waals surface area contributed by atoms with E-state index in [0.717, 1.165) is 45.4 Å². The van der Waals surface area contributed by atoms with Gasteiger partial charge in [0, 0.05) is 34.6 Å². The fourth-order valence-electron chi connectivity index (χ4n) is 4.13. The van der Waals surface area contributed by atoms with Gasteiger partial charge in [0.25, 0.3) is 0 Å². The van der Waals surface area contributed by atoms with E-state index in [0.29, 0.717) is 0 Å². The summed E-state index contributed by atoms with van der Waals surface area (Å²) in [5.41, 5.74) is 5.67. The van der Waals surface area contributed by atoms with Crippen LogP contribution < -0.4 is 10.6 Å². The molecule has 0 radical (unpaired) electrons. The molecule has 0 aliphatic carbocycles. The van der Waals surface area contributed by atoms with Crippen LogP contribution in [0.25, 0.3) is 33.8 Å². The van der Waals surface area contributed by atoms with E-state index in [4.69, 9.17) is 9.97 Å². The van der Waals surface area contributed by atoms with Crippen LogP contribution in [0.1, 0.15) is 41.5 Å². The van der Waals surface area contributed by atoms with Crippen LogP contribution in [-0.4, -0.2) is 29.8 Å². The van der Waals surface area contributed by atoms with Gasteiger partial charge in [-0.15, -0.1) is 0 Å². The van der Waals surface area contributed by atoms with Crippen molar-refractivity contribution in [3.63, 3.8) is 0 Å². The number of rotatable bonds is 4. The third kappa shape index (κ3) is 4.23. The van der Waals surface area contributed by atoms with Crippen molar-refractivity contribution in [2.24, 2.45) is 0 Å². The molecule has 1 aromatic carbocycles. The molecular weight excluding hydrogens is 420 g/mol. The number of fused-ring (bicyclic) bond motifs is 2. The SMILES string of the molecule is CC(C)(C)Nc1c(-c2ccc(-c3nc4ccccn4c3NC(C)(C)C)cc2)nc2ccccn12. The molecule has 0 spiro atoms. The topological polar surface area (TPSA) is 58.7 Å². The van der Waals surface area contributed by atoms with Crippen molar-refractivity contribution in [2.45, 2.75) is 52.6 Å². The second-order valence-electron chi connectivity index (χ2n) is 10.8. The average molecular weight is 453 g/mol. The monoisotopic (exact) mass is 452 g/mol. The van der Waals surface area contributed by atoms with Crippen LogP contribution in [0.3, 0.4) is 0 Å². The van der Waals surface area contributed by atoms with E-state index < -0.39 is 0 Å². The number of pyridine rings is 2. The van der Waals surface area contributed by atoms with E-state index in [2.05, 4.69) is 97.6 Å². The van der Waals surface area contributed by atoms with Crippen LogP contribution in [0, 0.1) is 0 Å². The van der Waals surface area contributed by atoms with Crippen molar-refractivity contribution in [1.29, 1.82) is 0 Å². The van der Waals surface area contributed by atoms with E-state index in [1.165, 1.54) is 0 Å². The van der Waals surface area contributed by atoms with Gasteiger partial charge in [-0.3, -0.25) is 8.80 Å². The molecule has 0 amide bonds. The lowest BCUT2D eigenvalue weighted by Gasteiger charge is -2.23. The lowest BCUT2D eigenvalue weighted by atomic mass is 10.0. The fraction of sp³-hybridized carbons (Fsp3) is 0.286. The average Bonchev–Trinajstić information content (AvgIpc) is 3.31. The molecule has 0 bridgehead atoms. The molecule has 0 atom stereocenters. The first-order valence-electron chi connectivity index (χ1n) is 11.7. The van der Waals surface area contributed by atoms with Crippen molar-refractivity contribution in [1.82, 2.24) is 18.8 Å². The van der Waals surface area contributed by atoms with E-state index in [9.17, 15) is 0 Å². The zero-order chi connectivity index (χ0) is 24.1. The van der Waals surface area contributed by atoms with E-state index >= 15 is 0 Å². The molecule has 6 heteroatoms. The molecular formula is C28H32N6. The summed E-state index contributed by atoms with van der Waals surface area (Å²) in [6.07, 6.45) is 4.10. The van der Waals surface area contributed by atoms with Crippen LogP contribution in [0.15, 0.2) is 73.1 Å². The van der Waals surface area contributed by atoms with Crippen LogP contribution in [0.2, 0.25) is 0 Å². The van der Waals surface area contributed by atoms with Gasteiger partial charge in [-0.05, 0) is 65.8 Å². The normalized spacial score (nSPS) is 12.4. The number of benzene rings is 1. The van der Waals surface area contributed by atoms with Gasteiger partial charge >= 0.3 is 0 Å². The van der Waals surface area contributed by atoms with Crippen LogP contribution >= 0.6 is 0 Å². The highest BCUT2D eigenvalue weighted by molar-refractivity contribution is 5.81. The Bertz CT molecular complexity index is 1350. The molecule has 0 aliphatic rings. The summed E-state index contributed by atoms with van der Waals surface area (Å²) in [6.45, 7) is 13.0. The van der Waals surface area contributed by atoms with E-state index in [1.54, 1.807) is 0 Å². The molecule has 4 heterocycles. The van der Waals surface area contributed by atoms with Crippen molar-refractivity contribution < 1.29 is 0 Å². The minimum absolute atomic E-state index is 0.0927. The number of anilines is 2. The van der Waals surface area contributed by atoms with E-state index in [1.807, 2.05) is 36.4 Å². The second kappa shape index (κ2) is 7.90. The smallest absolute Gasteiger partial charge is 0.139 e. The number of hydrogen-bond acceptors (Lipinski definition) is 4. The van der Waals surface area contributed by atoms with Crippen molar-refractivity contribution in [2.75, 3.05) is 10.6 Å². The molecule has 5 aromatic rings. The van der Waals surface area contributed by atoms with Crippen molar-refractivity contribution in [3.8, 4) is 22.5 Å². The zero-order valence-electron chi connectivity index (χ0n) is 20.7. The minimum atomic E-state index is -0.0927. The maximum atomic E-state index is 4.94. The van der Waals surface area contributed by atoms with E-state index in [-0.39, 0.29) is 11.1 Å². The van der Waals surface area contributed by atoms with Crippen molar-refractivity contribution in [3.05, 3.63) is 73.1 Å². The van der Waals surface area contributed by atoms with Crippen LogP contribution in [0.4, 0.5) is 11.6 Å². The first kappa shape index (κ1) is 22.0. The fourth-order valence-corrected chi connectivity index (χ4v) is 4.13. The molecule has 174 valence electrons. The Hall–Kier alpha value is -3.80. The zero-order valence-corrected chi connectivity index (χ0v) is 20.7. The summed E-state index contributed by atoms with van der Waals surface area (Å²) in [5, 5.41) is 7.29. The van der Waals surface area contributed by atoms with Gasteiger partial charge in [0.05, 0.1) is 0 Å². The third-order valence-electron chi connectivity index (χ3n) is 5.48. The number of hydrogen-bond donors (Lipinski definition) is 2. The Balaban J connectivity index is 1.60. The molecule has 0 fully saturated rings. The summed E-state index contributed by atoms with van der Waals surface area (Å²) < 4.78 is 4.23. The van der Waals surface area contributed by atoms with Gasteiger partial charge < -0.3 is 10.6 Å². The van der Waals surface area contributed by atoms with Gasteiger partial charge in [-0.25, -0.2) is 9.97 Å². The predicted molar refractivity (Wildman–Crippen MR) is 142 cm³/mol. The summed E-state index contributed by atoms with van der Waals surface area (Å²) >= 11 is 0. The molecule has 0 saturated heterocycles. The number of imidazole rings is 2. The van der Waals surface area contributed by atoms with Gasteiger partial charge in [0.1, 0.15) is 34.3 Å². The quantitative estimate of drug-likeness (QED) is 0.317. The molecule has 5 rings (SSSR count). The molecule has 0 saturated carbocycles. The molecule has 0 unspecified atom stereocenters. The lowest BCUT2D eigenvalue weighted by molar-refractivity contribution is 0.629. The first-order valence-corrected chi connectivity index (χ1v) is 11.7. The summed E-state index contributed by atoms with van der Waals surface area (Å²) in [7, 11) is 0. The Kier molecular flexibility index (Phi) is 5.12. The highest BCUT2D eigenvalue weighted by Gasteiger charge is 2.21. The Morgan fingerprint density at radius 1 is 0.559 bits per heavy atom. The predicted octanol–water partition coefficient (Wildman–Crippen LogP) is 6.74. The Labute approximate surface area is 200 Å². The number of aromatic nitrogens is 4. The van der Waals surface area contributed by atoms with Crippen LogP contribution in [0.5, 0.6) is 0 Å². The molecule has 2 N–H and O–H groups in total. The van der Waals surface area contributed by atoms with Gasteiger partial charge in [-0.1, -0.05) is 36.4 Å². The second-order valence-corrected chi connectivity index (χ2v) is 10.8. The summed E-state index contributed by atoms with van der Waals surface area (Å²) in [4.78, 5) is 9.88. The highest BCUT2D eigenvalue weighted by Crippen LogP contribution is 2.35. The molecule has 34 heavy (non-hydrogen) atoms. The summed E-state index contributed by atoms with van der Waals surface area (Å²) in [6, 6.07) is 20.7. The maximum Gasteiger partial charge on any atom is 0.139 e. The maximum absolute atomic E-state index is 4.94. The van der Waals surface area contributed by atoms with Crippen LogP contribution in [-0.2, 0) is 0 Å². The minimum Gasteiger partial charge on any atom is -0.365 e. The highest BCUT2D eigenvalue weighted by atomic mass is 15.2. The molecule has 6 nitrogen and oxygen atoms in total. The van der Waals surface area contributed by atoms with Crippen molar-refractivity contribution >= 4 is 22.9 Å².